The molecule has 110 valence electrons. The first kappa shape index (κ1) is 14.1. The molecule has 1 atom stereocenters. The minimum atomic E-state index is -0.197. The molecule has 21 heavy (non-hydrogen) atoms. The van der Waals surface area contributed by atoms with Gasteiger partial charge in [-0.25, -0.2) is 4.39 Å². The molecule has 1 unspecified atom stereocenters. The van der Waals surface area contributed by atoms with E-state index in [-0.39, 0.29) is 17.6 Å². The first-order valence-corrected chi connectivity index (χ1v) is 7.42. The second-order valence-electron chi connectivity index (χ2n) is 5.85. The number of nitrogens with one attached hydrogen (secondary N) is 1. The Labute approximate surface area is 124 Å². The van der Waals surface area contributed by atoms with Crippen molar-refractivity contribution in [1.29, 1.82) is 0 Å². The molecule has 2 N–H and O–H groups in total. The number of hydrogen-bond donors (Lipinski definition) is 2. The lowest BCUT2D eigenvalue weighted by Gasteiger charge is -2.21. The first-order valence-electron chi connectivity index (χ1n) is 7.42. The lowest BCUT2D eigenvalue weighted by molar-refractivity contribution is 0.455. The normalized spacial score (nSPS) is 15.9. The number of aryl methyl sites for hydroxylation is 1. The smallest absolute Gasteiger partial charge is 0.126 e. The molecular weight excluding hydrogens is 265 g/mol. The van der Waals surface area contributed by atoms with E-state index in [1.165, 1.54) is 18.9 Å². The van der Waals surface area contributed by atoms with Gasteiger partial charge in [-0.1, -0.05) is 30.3 Å². The number of hydrogen-bond acceptors (Lipinski definition) is 2. The average Bonchev–Trinajstić information content (AvgIpc) is 3.29. The van der Waals surface area contributed by atoms with Crippen LogP contribution in [0.5, 0.6) is 5.75 Å². The van der Waals surface area contributed by atoms with Gasteiger partial charge in [0.2, 0.25) is 0 Å². The Bertz CT molecular complexity index is 637. The highest BCUT2D eigenvalue weighted by atomic mass is 19.1. The molecule has 0 aliphatic heterocycles. The molecule has 1 fully saturated rings. The Morgan fingerprint density at radius 3 is 2.67 bits per heavy atom. The predicted octanol–water partition coefficient (Wildman–Crippen LogP) is 3.93. The van der Waals surface area contributed by atoms with Gasteiger partial charge in [-0.3, -0.25) is 0 Å². The Morgan fingerprint density at radius 1 is 1.24 bits per heavy atom. The molecule has 3 rings (SSSR count). The number of phenols is 1. The van der Waals surface area contributed by atoms with Crippen molar-refractivity contribution in [3.05, 3.63) is 65.0 Å². The standard InChI is InChI=1S/C18H20FNO/c1-12-10-14(8-9-16(12)19)18(20-11-13-6-7-13)15-4-2-3-5-17(15)21/h2-5,8-10,13,18,20-21H,6-7,11H2,1H3. The van der Waals surface area contributed by atoms with E-state index in [9.17, 15) is 9.50 Å². The number of para-hydroxylation sites is 1. The van der Waals surface area contributed by atoms with Crippen molar-refractivity contribution < 1.29 is 9.50 Å². The van der Waals surface area contributed by atoms with Crippen LogP contribution in [0.1, 0.15) is 35.6 Å². The zero-order valence-electron chi connectivity index (χ0n) is 12.1. The number of aromatic hydroxyl groups is 1. The van der Waals surface area contributed by atoms with Gasteiger partial charge in [0.05, 0.1) is 6.04 Å². The van der Waals surface area contributed by atoms with Crippen LogP contribution >= 0.6 is 0 Å². The fourth-order valence-corrected chi connectivity index (χ4v) is 2.59. The van der Waals surface area contributed by atoms with E-state index in [4.69, 9.17) is 0 Å². The van der Waals surface area contributed by atoms with Gasteiger partial charge in [0.25, 0.3) is 0 Å². The van der Waals surface area contributed by atoms with Crippen molar-refractivity contribution in [2.45, 2.75) is 25.8 Å². The van der Waals surface area contributed by atoms with E-state index in [0.29, 0.717) is 5.56 Å². The Hall–Kier alpha value is -1.87. The van der Waals surface area contributed by atoms with Crippen molar-refractivity contribution in [2.24, 2.45) is 5.92 Å². The van der Waals surface area contributed by atoms with Gasteiger partial charge in [0, 0.05) is 5.56 Å². The van der Waals surface area contributed by atoms with Gasteiger partial charge in [-0.15, -0.1) is 0 Å². The molecular formula is C18H20FNO. The fraction of sp³-hybridized carbons (Fsp3) is 0.333. The maximum atomic E-state index is 13.5. The van der Waals surface area contributed by atoms with Crippen molar-refractivity contribution >= 4 is 0 Å². The second-order valence-corrected chi connectivity index (χ2v) is 5.85. The van der Waals surface area contributed by atoms with E-state index in [1.807, 2.05) is 24.3 Å². The van der Waals surface area contributed by atoms with E-state index in [0.717, 1.165) is 23.6 Å². The zero-order valence-corrected chi connectivity index (χ0v) is 12.1. The fourth-order valence-electron chi connectivity index (χ4n) is 2.59. The topological polar surface area (TPSA) is 32.3 Å². The van der Waals surface area contributed by atoms with Crippen LogP contribution in [0.3, 0.4) is 0 Å². The van der Waals surface area contributed by atoms with Crippen LogP contribution in [0.2, 0.25) is 0 Å². The second kappa shape index (κ2) is 5.86. The van der Waals surface area contributed by atoms with Crippen LogP contribution < -0.4 is 5.32 Å². The van der Waals surface area contributed by atoms with Gasteiger partial charge in [0.15, 0.2) is 0 Å². The van der Waals surface area contributed by atoms with Gasteiger partial charge in [-0.05, 0) is 55.5 Å². The molecule has 1 saturated carbocycles. The lowest BCUT2D eigenvalue weighted by atomic mass is 9.96. The summed E-state index contributed by atoms with van der Waals surface area (Å²) in [6.45, 7) is 2.69. The van der Waals surface area contributed by atoms with Gasteiger partial charge < -0.3 is 10.4 Å². The molecule has 2 aromatic carbocycles. The highest BCUT2D eigenvalue weighted by Crippen LogP contribution is 2.33. The van der Waals surface area contributed by atoms with Crippen LogP contribution in [0.4, 0.5) is 4.39 Å². The molecule has 0 spiro atoms. The minimum Gasteiger partial charge on any atom is -0.508 e. The first-order chi connectivity index (χ1) is 10.1. The number of benzene rings is 2. The summed E-state index contributed by atoms with van der Waals surface area (Å²) >= 11 is 0. The monoisotopic (exact) mass is 285 g/mol. The summed E-state index contributed by atoms with van der Waals surface area (Å²) < 4.78 is 13.5. The molecule has 3 heteroatoms. The lowest BCUT2D eigenvalue weighted by Crippen LogP contribution is -2.24. The van der Waals surface area contributed by atoms with Crippen LogP contribution in [-0.4, -0.2) is 11.7 Å². The average molecular weight is 285 g/mol. The van der Waals surface area contributed by atoms with Gasteiger partial charge in [-0.2, -0.15) is 0 Å². The summed E-state index contributed by atoms with van der Waals surface area (Å²) in [6, 6.07) is 12.4. The molecule has 0 aromatic heterocycles. The van der Waals surface area contributed by atoms with E-state index >= 15 is 0 Å². The molecule has 1 aliphatic rings. The number of rotatable bonds is 5. The van der Waals surface area contributed by atoms with Crippen molar-refractivity contribution in [1.82, 2.24) is 5.32 Å². The molecule has 0 saturated heterocycles. The molecule has 0 bridgehead atoms. The molecule has 0 heterocycles. The third kappa shape index (κ3) is 3.24. The number of phenolic OH excluding ortho intramolecular Hbond substituents is 1. The highest BCUT2D eigenvalue weighted by molar-refractivity contribution is 5.41. The van der Waals surface area contributed by atoms with Crippen LogP contribution in [0.25, 0.3) is 0 Å². The maximum Gasteiger partial charge on any atom is 0.126 e. The van der Waals surface area contributed by atoms with Crippen molar-refractivity contribution in [2.75, 3.05) is 6.54 Å². The minimum absolute atomic E-state index is 0.105. The van der Waals surface area contributed by atoms with E-state index in [2.05, 4.69) is 5.32 Å². The van der Waals surface area contributed by atoms with Crippen LogP contribution in [-0.2, 0) is 0 Å². The number of halogens is 1. The summed E-state index contributed by atoms with van der Waals surface area (Å²) in [5.41, 5.74) is 2.45. The van der Waals surface area contributed by atoms with E-state index in [1.54, 1.807) is 19.1 Å². The summed E-state index contributed by atoms with van der Waals surface area (Å²) in [7, 11) is 0. The summed E-state index contributed by atoms with van der Waals surface area (Å²) in [6.07, 6.45) is 2.53. The zero-order chi connectivity index (χ0) is 14.8. The third-order valence-electron chi connectivity index (χ3n) is 4.07. The van der Waals surface area contributed by atoms with E-state index < -0.39 is 0 Å². The molecule has 2 nitrogen and oxygen atoms in total. The van der Waals surface area contributed by atoms with Gasteiger partial charge >= 0.3 is 0 Å². The predicted molar refractivity (Wildman–Crippen MR) is 81.8 cm³/mol. The Kier molecular flexibility index (Phi) is 3.93. The molecule has 2 aromatic rings. The molecule has 0 amide bonds. The molecule has 0 radical (unpaired) electrons. The Balaban J connectivity index is 1.94. The molecule has 1 aliphatic carbocycles. The third-order valence-corrected chi connectivity index (χ3v) is 4.07. The van der Waals surface area contributed by atoms with Crippen LogP contribution in [0, 0.1) is 18.7 Å². The Morgan fingerprint density at radius 2 is 2.00 bits per heavy atom. The van der Waals surface area contributed by atoms with Crippen molar-refractivity contribution in [3.63, 3.8) is 0 Å². The summed E-state index contributed by atoms with van der Waals surface area (Å²) in [4.78, 5) is 0. The van der Waals surface area contributed by atoms with Crippen LogP contribution in [0.15, 0.2) is 42.5 Å². The quantitative estimate of drug-likeness (QED) is 0.872. The SMILES string of the molecule is Cc1cc(C(NCC2CC2)c2ccccc2O)ccc1F. The largest absolute Gasteiger partial charge is 0.508 e. The summed E-state index contributed by atoms with van der Waals surface area (Å²) in [5, 5.41) is 13.7. The van der Waals surface area contributed by atoms with Crippen molar-refractivity contribution in [3.8, 4) is 5.75 Å². The highest BCUT2D eigenvalue weighted by Gasteiger charge is 2.24. The van der Waals surface area contributed by atoms with Gasteiger partial charge in [0.1, 0.15) is 11.6 Å². The maximum absolute atomic E-state index is 13.5. The summed E-state index contributed by atoms with van der Waals surface area (Å²) in [5.74, 6) is 0.810.